The van der Waals surface area contributed by atoms with Crippen LogP contribution in [0.3, 0.4) is 0 Å². The van der Waals surface area contributed by atoms with Crippen molar-refractivity contribution < 1.29 is 4.79 Å². The molecule has 0 bridgehead atoms. The van der Waals surface area contributed by atoms with Gasteiger partial charge in [-0.05, 0) is 19.1 Å². The summed E-state index contributed by atoms with van der Waals surface area (Å²) in [6.45, 7) is 3.11. The first-order valence-corrected chi connectivity index (χ1v) is 5.05. The van der Waals surface area contributed by atoms with Gasteiger partial charge >= 0.3 is 0 Å². The molecule has 3 nitrogen and oxygen atoms in total. The number of halogens is 1. The van der Waals surface area contributed by atoms with Gasteiger partial charge in [-0.3, -0.25) is 9.78 Å². The number of rotatable bonds is 4. The number of carbonyl (C=O) groups excluding carboxylic acids is 1. The second-order valence-electron chi connectivity index (χ2n) is 2.86. The Kier molecular flexibility index (Phi) is 4.40. The van der Waals surface area contributed by atoms with Crippen LogP contribution in [0.4, 0.5) is 0 Å². The van der Waals surface area contributed by atoms with Gasteiger partial charge in [0.1, 0.15) is 5.88 Å². The number of carbonyl (C=O) groups is 1. The minimum atomic E-state index is -0.0557. The Morgan fingerprint density at radius 1 is 1.57 bits per heavy atom. The number of aromatic nitrogens is 1. The molecule has 0 aromatic carbocycles. The van der Waals surface area contributed by atoms with Crippen molar-refractivity contribution in [3.8, 4) is 0 Å². The van der Waals surface area contributed by atoms with Crippen LogP contribution in [0, 0.1) is 0 Å². The summed E-state index contributed by atoms with van der Waals surface area (Å²) in [6.07, 6.45) is 1.72. The normalized spacial score (nSPS) is 9.86. The molecule has 1 rings (SSSR count). The predicted octanol–water partition coefficient (Wildman–Crippen LogP) is 1.67. The van der Waals surface area contributed by atoms with Crippen LogP contribution in [0.2, 0.25) is 0 Å². The quantitative estimate of drug-likeness (QED) is 0.712. The summed E-state index contributed by atoms with van der Waals surface area (Å²) in [6, 6.07) is 5.65. The second-order valence-corrected chi connectivity index (χ2v) is 3.13. The molecule has 0 fully saturated rings. The van der Waals surface area contributed by atoms with Crippen LogP contribution in [-0.2, 0) is 11.3 Å². The maximum Gasteiger partial charge on any atom is 0.237 e. The van der Waals surface area contributed by atoms with Crippen LogP contribution >= 0.6 is 11.6 Å². The number of nitrogens with zero attached hydrogens (tertiary/aromatic N) is 2. The Labute approximate surface area is 88.7 Å². The van der Waals surface area contributed by atoms with Crippen molar-refractivity contribution in [3.05, 3.63) is 30.1 Å². The molecule has 1 amide bonds. The third-order valence-corrected chi connectivity index (χ3v) is 2.16. The van der Waals surface area contributed by atoms with Crippen LogP contribution in [-0.4, -0.2) is 28.2 Å². The zero-order valence-electron chi connectivity index (χ0n) is 8.11. The first kappa shape index (κ1) is 11.0. The van der Waals surface area contributed by atoms with Crippen LogP contribution in [0.1, 0.15) is 12.6 Å². The number of hydrogen-bond donors (Lipinski definition) is 0. The summed E-state index contributed by atoms with van der Waals surface area (Å²) in [5.41, 5.74) is 0.882. The van der Waals surface area contributed by atoms with Crippen LogP contribution in [0.5, 0.6) is 0 Å². The van der Waals surface area contributed by atoms with E-state index in [1.165, 1.54) is 0 Å². The summed E-state index contributed by atoms with van der Waals surface area (Å²) >= 11 is 5.48. The van der Waals surface area contributed by atoms with Gasteiger partial charge in [0.05, 0.1) is 12.2 Å². The van der Waals surface area contributed by atoms with Gasteiger partial charge < -0.3 is 4.90 Å². The minimum absolute atomic E-state index is 0.0284. The standard InChI is InChI=1S/C10H13ClN2O/c1-2-13(10(14)7-11)8-9-5-3-4-6-12-9/h3-6H,2,7-8H2,1H3. The SMILES string of the molecule is CCN(Cc1ccccn1)C(=O)CCl. The van der Waals surface area contributed by atoms with Crippen LogP contribution < -0.4 is 0 Å². The van der Waals surface area contributed by atoms with E-state index in [1.807, 2.05) is 25.1 Å². The van der Waals surface area contributed by atoms with Gasteiger partial charge in [0.2, 0.25) is 5.91 Å². The molecule has 14 heavy (non-hydrogen) atoms. The van der Waals surface area contributed by atoms with E-state index in [0.29, 0.717) is 13.1 Å². The summed E-state index contributed by atoms with van der Waals surface area (Å²) in [5.74, 6) is -0.0273. The molecule has 0 unspecified atom stereocenters. The Bertz CT molecular complexity index is 289. The zero-order valence-corrected chi connectivity index (χ0v) is 8.87. The van der Waals surface area contributed by atoms with E-state index in [9.17, 15) is 4.79 Å². The molecular weight excluding hydrogens is 200 g/mol. The number of pyridine rings is 1. The molecule has 0 spiro atoms. The highest BCUT2D eigenvalue weighted by Crippen LogP contribution is 2.01. The van der Waals surface area contributed by atoms with Crippen molar-refractivity contribution in [2.45, 2.75) is 13.5 Å². The smallest absolute Gasteiger partial charge is 0.237 e. The Morgan fingerprint density at radius 3 is 2.86 bits per heavy atom. The van der Waals surface area contributed by atoms with Crippen molar-refractivity contribution in [1.29, 1.82) is 0 Å². The summed E-state index contributed by atoms with van der Waals surface area (Å²) in [5, 5.41) is 0. The maximum atomic E-state index is 11.3. The van der Waals surface area contributed by atoms with Crippen molar-refractivity contribution in [3.63, 3.8) is 0 Å². The van der Waals surface area contributed by atoms with E-state index in [2.05, 4.69) is 4.98 Å². The molecule has 1 aromatic heterocycles. The highest BCUT2D eigenvalue weighted by atomic mass is 35.5. The summed E-state index contributed by atoms with van der Waals surface area (Å²) < 4.78 is 0. The van der Waals surface area contributed by atoms with E-state index in [-0.39, 0.29) is 11.8 Å². The average molecular weight is 213 g/mol. The van der Waals surface area contributed by atoms with Crippen molar-refractivity contribution >= 4 is 17.5 Å². The maximum absolute atomic E-state index is 11.3. The highest BCUT2D eigenvalue weighted by Gasteiger charge is 2.10. The molecule has 0 aliphatic heterocycles. The fraction of sp³-hybridized carbons (Fsp3) is 0.400. The molecular formula is C10H13ClN2O. The van der Waals surface area contributed by atoms with Gasteiger partial charge in [-0.25, -0.2) is 0 Å². The predicted molar refractivity (Wildman–Crippen MR) is 56.0 cm³/mol. The zero-order chi connectivity index (χ0) is 10.4. The molecule has 0 N–H and O–H groups in total. The van der Waals surface area contributed by atoms with E-state index >= 15 is 0 Å². The van der Waals surface area contributed by atoms with Crippen molar-refractivity contribution in [1.82, 2.24) is 9.88 Å². The van der Waals surface area contributed by atoms with E-state index in [4.69, 9.17) is 11.6 Å². The van der Waals surface area contributed by atoms with Crippen molar-refractivity contribution in [2.24, 2.45) is 0 Å². The lowest BCUT2D eigenvalue weighted by Gasteiger charge is -2.18. The van der Waals surface area contributed by atoms with Gasteiger partial charge in [-0.15, -0.1) is 11.6 Å². The Morgan fingerprint density at radius 2 is 2.36 bits per heavy atom. The summed E-state index contributed by atoms with van der Waals surface area (Å²) in [7, 11) is 0. The van der Waals surface area contributed by atoms with E-state index in [1.54, 1.807) is 11.1 Å². The lowest BCUT2D eigenvalue weighted by Crippen LogP contribution is -2.31. The third kappa shape index (κ3) is 3.00. The largest absolute Gasteiger partial charge is 0.336 e. The molecule has 0 aliphatic rings. The lowest BCUT2D eigenvalue weighted by molar-refractivity contribution is -0.128. The number of alkyl halides is 1. The number of amides is 1. The molecule has 4 heteroatoms. The molecule has 0 atom stereocenters. The first-order chi connectivity index (χ1) is 6.77. The van der Waals surface area contributed by atoms with Gasteiger partial charge in [-0.2, -0.15) is 0 Å². The molecule has 1 aromatic rings. The molecule has 0 saturated heterocycles. The van der Waals surface area contributed by atoms with Crippen LogP contribution in [0.15, 0.2) is 24.4 Å². The summed E-state index contributed by atoms with van der Waals surface area (Å²) in [4.78, 5) is 17.1. The van der Waals surface area contributed by atoms with E-state index < -0.39 is 0 Å². The fourth-order valence-corrected chi connectivity index (χ4v) is 1.32. The Balaban J connectivity index is 2.62. The third-order valence-electron chi connectivity index (χ3n) is 1.93. The van der Waals surface area contributed by atoms with Crippen molar-refractivity contribution in [2.75, 3.05) is 12.4 Å². The first-order valence-electron chi connectivity index (χ1n) is 4.51. The monoisotopic (exact) mass is 212 g/mol. The molecule has 0 saturated carbocycles. The van der Waals surface area contributed by atoms with Gasteiger partial charge in [-0.1, -0.05) is 6.07 Å². The van der Waals surface area contributed by atoms with Gasteiger partial charge in [0.15, 0.2) is 0 Å². The van der Waals surface area contributed by atoms with E-state index in [0.717, 1.165) is 5.69 Å². The fourth-order valence-electron chi connectivity index (χ4n) is 1.15. The Hall–Kier alpha value is -1.09. The molecule has 0 radical (unpaired) electrons. The lowest BCUT2D eigenvalue weighted by atomic mass is 10.3. The molecule has 1 heterocycles. The second kappa shape index (κ2) is 5.60. The topological polar surface area (TPSA) is 33.2 Å². The average Bonchev–Trinajstić information content (AvgIpc) is 2.26. The molecule has 76 valence electrons. The van der Waals surface area contributed by atoms with Gasteiger partial charge in [0.25, 0.3) is 0 Å². The number of hydrogen-bond acceptors (Lipinski definition) is 2. The van der Waals surface area contributed by atoms with Crippen LogP contribution in [0.25, 0.3) is 0 Å². The highest BCUT2D eigenvalue weighted by molar-refractivity contribution is 6.27. The van der Waals surface area contributed by atoms with Gasteiger partial charge in [0, 0.05) is 12.7 Å². The minimum Gasteiger partial charge on any atom is -0.336 e. The molecule has 0 aliphatic carbocycles.